The average molecular weight is 314 g/mol. The zero-order valence-electron chi connectivity index (χ0n) is 11.7. The summed E-state index contributed by atoms with van der Waals surface area (Å²) in [6, 6.07) is 5.16. The highest BCUT2D eigenvalue weighted by Gasteiger charge is 2.16. The van der Waals surface area contributed by atoms with Crippen molar-refractivity contribution in [3.63, 3.8) is 0 Å². The van der Waals surface area contributed by atoms with Gasteiger partial charge in [-0.05, 0) is 31.7 Å². The molecule has 0 saturated heterocycles. The number of hydrogen-bond acceptors (Lipinski definition) is 3. The molecule has 0 fully saturated rings. The molecule has 0 atom stereocenters. The van der Waals surface area contributed by atoms with Crippen LogP contribution >= 0.6 is 23.2 Å². The van der Waals surface area contributed by atoms with Gasteiger partial charge >= 0.3 is 0 Å². The van der Waals surface area contributed by atoms with Gasteiger partial charge in [0.15, 0.2) is 0 Å². The van der Waals surface area contributed by atoms with Crippen LogP contribution in [-0.2, 0) is 13.6 Å². The van der Waals surface area contributed by atoms with E-state index in [1.165, 1.54) is 0 Å². The molecule has 6 heteroatoms. The first kappa shape index (κ1) is 15.2. The van der Waals surface area contributed by atoms with E-state index < -0.39 is 0 Å². The summed E-state index contributed by atoms with van der Waals surface area (Å²) >= 11 is 12.0. The van der Waals surface area contributed by atoms with Gasteiger partial charge in [0.1, 0.15) is 5.75 Å². The normalized spacial score (nSPS) is 10.8. The highest BCUT2D eigenvalue weighted by molar-refractivity contribution is 6.35. The lowest BCUT2D eigenvalue weighted by molar-refractivity contribution is 0.424. The van der Waals surface area contributed by atoms with E-state index in [1.54, 1.807) is 22.9 Å². The summed E-state index contributed by atoms with van der Waals surface area (Å²) < 4.78 is 7.63. The number of ether oxygens (including phenoxy) is 1. The third-order valence-electron chi connectivity index (χ3n) is 2.94. The van der Waals surface area contributed by atoms with E-state index in [0.29, 0.717) is 28.2 Å². The minimum Gasteiger partial charge on any atom is -0.437 e. The maximum atomic E-state index is 6.14. The Labute approximate surface area is 128 Å². The van der Waals surface area contributed by atoms with Crippen molar-refractivity contribution >= 4 is 23.2 Å². The van der Waals surface area contributed by atoms with Gasteiger partial charge in [0, 0.05) is 18.6 Å². The second kappa shape index (κ2) is 6.48. The molecule has 1 N–H and O–H groups in total. The molecule has 4 nitrogen and oxygen atoms in total. The molecule has 0 radical (unpaired) electrons. The standard InChI is InChI=1S/C14H17Cl2N3O/c1-4-17-8-11-9(2)18-19(3)14(11)20-13-6-5-10(15)7-12(13)16/h5-7,17H,4,8H2,1-3H3. The number of hydrogen-bond donors (Lipinski definition) is 1. The smallest absolute Gasteiger partial charge is 0.222 e. The molecule has 1 aromatic heterocycles. The van der Waals surface area contributed by atoms with Gasteiger partial charge in [-0.2, -0.15) is 5.10 Å². The second-order valence-corrected chi connectivity index (χ2v) is 5.29. The van der Waals surface area contributed by atoms with Crippen LogP contribution in [0.3, 0.4) is 0 Å². The zero-order chi connectivity index (χ0) is 14.7. The molecule has 108 valence electrons. The molecule has 0 aliphatic heterocycles. The Balaban J connectivity index is 2.32. The van der Waals surface area contributed by atoms with E-state index in [9.17, 15) is 0 Å². The first-order valence-electron chi connectivity index (χ1n) is 6.39. The van der Waals surface area contributed by atoms with Crippen molar-refractivity contribution in [1.82, 2.24) is 15.1 Å². The van der Waals surface area contributed by atoms with Gasteiger partial charge < -0.3 is 10.1 Å². The first-order chi connectivity index (χ1) is 9.52. The summed E-state index contributed by atoms with van der Waals surface area (Å²) in [5, 5.41) is 8.73. The maximum absolute atomic E-state index is 6.14. The summed E-state index contributed by atoms with van der Waals surface area (Å²) in [5.41, 5.74) is 1.97. The summed E-state index contributed by atoms with van der Waals surface area (Å²) in [5.74, 6) is 1.25. The number of halogens is 2. The van der Waals surface area contributed by atoms with Gasteiger partial charge in [-0.3, -0.25) is 0 Å². The molecule has 0 saturated carbocycles. The van der Waals surface area contributed by atoms with Crippen molar-refractivity contribution in [2.24, 2.45) is 7.05 Å². The fourth-order valence-corrected chi connectivity index (χ4v) is 2.37. The third-order valence-corrected chi connectivity index (χ3v) is 3.47. The fourth-order valence-electron chi connectivity index (χ4n) is 1.92. The van der Waals surface area contributed by atoms with Gasteiger partial charge in [0.05, 0.1) is 16.3 Å². The van der Waals surface area contributed by atoms with Crippen LogP contribution < -0.4 is 10.1 Å². The van der Waals surface area contributed by atoms with Crippen molar-refractivity contribution in [1.29, 1.82) is 0 Å². The van der Waals surface area contributed by atoms with Crippen molar-refractivity contribution in [2.75, 3.05) is 6.54 Å². The molecule has 0 aliphatic carbocycles. The monoisotopic (exact) mass is 313 g/mol. The number of nitrogens with zero attached hydrogens (tertiary/aromatic N) is 2. The van der Waals surface area contributed by atoms with Crippen molar-refractivity contribution < 1.29 is 4.74 Å². The van der Waals surface area contributed by atoms with Crippen LogP contribution in [0.5, 0.6) is 11.6 Å². The molecule has 0 spiro atoms. The van der Waals surface area contributed by atoms with Crippen LogP contribution in [0.4, 0.5) is 0 Å². The lowest BCUT2D eigenvalue weighted by Crippen LogP contribution is -2.12. The highest BCUT2D eigenvalue weighted by Crippen LogP contribution is 2.33. The summed E-state index contributed by atoms with van der Waals surface area (Å²) in [6.07, 6.45) is 0. The molecule has 0 bridgehead atoms. The molecule has 1 aromatic carbocycles. The topological polar surface area (TPSA) is 39.1 Å². The summed E-state index contributed by atoms with van der Waals surface area (Å²) in [6.45, 7) is 5.61. The van der Waals surface area contributed by atoms with Crippen LogP contribution in [0.25, 0.3) is 0 Å². The van der Waals surface area contributed by atoms with Gasteiger partial charge in [0.25, 0.3) is 0 Å². The van der Waals surface area contributed by atoms with Gasteiger partial charge in [-0.25, -0.2) is 4.68 Å². The highest BCUT2D eigenvalue weighted by atomic mass is 35.5. The lowest BCUT2D eigenvalue weighted by atomic mass is 10.2. The minimum absolute atomic E-state index is 0.478. The molecular formula is C14H17Cl2N3O. The molecule has 2 rings (SSSR count). The van der Waals surface area contributed by atoms with E-state index in [4.69, 9.17) is 27.9 Å². The van der Waals surface area contributed by atoms with Gasteiger partial charge in [-0.15, -0.1) is 0 Å². The summed E-state index contributed by atoms with van der Waals surface area (Å²) in [4.78, 5) is 0. The zero-order valence-corrected chi connectivity index (χ0v) is 13.2. The van der Waals surface area contributed by atoms with E-state index in [2.05, 4.69) is 17.3 Å². The Hall–Kier alpha value is -1.23. The Morgan fingerprint density at radius 1 is 1.35 bits per heavy atom. The van der Waals surface area contributed by atoms with E-state index in [-0.39, 0.29) is 0 Å². The van der Waals surface area contributed by atoms with E-state index >= 15 is 0 Å². The lowest BCUT2D eigenvalue weighted by Gasteiger charge is -2.10. The van der Waals surface area contributed by atoms with Crippen LogP contribution in [0.15, 0.2) is 18.2 Å². The second-order valence-electron chi connectivity index (χ2n) is 4.45. The molecule has 0 aliphatic rings. The quantitative estimate of drug-likeness (QED) is 0.908. The molecule has 20 heavy (non-hydrogen) atoms. The predicted molar refractivity (Wildman–Crippen MR) is 81.9 cm³/mol. The minimum atomic E-state index is 0.478. The Bertz CT molecular complexity index is 611. The van der Waals surface area contributed by atoms with Crippen LogP contribution in [0.2, 0.25) is 10.0 Å². The Kier molecular flexibility index (Phi) is 4.91. The Morgan fingerprint density at radius 3 is 2.75 bits per heavy atom. The largest absolute Gasteiger partial charge is 0.437 e. The fraction of sp³-hybridized carbons (Fsp3) is 0.357. The molecule has 1 heterocycles. The van der Waals surface area contributed by atoms with Crippen molar-refractivity contribution in [3.8, 4) is 11.6 Å². The van der Waals surface area contributed by atoms with Crippen LogP contribution in [0.1, 0.15) is 18.2 Å². The van der Waals surface area contributed by atoms with Crippen LogP contribution in [0, 0.1) is 6.92 Å². The third kappa shape index (κ3) is 3.26. The summed E-state index contributed by atoms with van der Waals surface area (Å²) in [7, 11) is 1.85. The molecular weight excluding hydrogens is 297 g/mol. The van der Waals surface area contributed by atoms with Crippen LogP contribution in [-0.4, -0.2) is 16.3 Å². The SMILES string of the molecule is CCNCc1c(C)nn(C)c1Oc1ccc(Cl)cc1Cl. The average Bonchev–Trinajstić information content (AvgIpc) is 2.65. The molecule has 2 aromatic rings. The number of rotatable bonds is 5. The Morgan fingerprint density at radius 2 is 2.10 bits per heavy atom. The number of benzene rings is 1. The van der Waals surface area contributed by atoms with E-state index in [1.807, 2.05) is 14.0 Å². The van der Waals surface area contributed by atoms with E-state index in [0.717, 1.165) is 17.8 Å². The number of aromatic nitrogens is 2. The predicted octanol–water partition coefficient (Wildman–Crippen LogP) is 3.94. The van der Waals surface area contributed by atoms with Crippen molar-refractivity contribution in [2.45, 2.75) is 20.4 Å². The molecule has 0 amide bonds. The first-order valence-corrected chi connectivity index (χ1v) is 7.14. The number of aryl methyl sites for hydroxylation is 2. The number of nitrogens with one attached hydrogen (secondary N) is 1. The molecule has 0 unspecified atom stereocenters. The maximum Gasteiger partial charge on any atom is 0.222 e. The van der Waals surface area contributed by atoms with Gasteiger partial charge in [-0.1, -0.05) is 30.1 Å². The van der Waals surface area contributed by atoms with Crippen molar-refractivity contribution in [3.05, 3.63) is 39.5 Å². The van der Waals surface area contributed by atoms with Gasteiger partial charge in [0.2, 0.25) is 5.88 Å².